The van der Waals surface area contributed by atoms with Crippen LogP contribution in [0.1, 0.15) is 12.5 Å². The fraction of sp³-hybridized carbons (Fsp3) is 0.133. The van der Waals surface area contributed by atoms with Crippen LogP contribution in [0.25, 0.3) is 5.57 Å². The number of fused-ring (bicyclic) bond motifs is 1. The number of nitrogens with one attached hydrogen (secondary N) is 1. The van der Waals surface area contributed by atoms with Gasteiger partial charge in [0.25, 0.3) is 11.8 Å². The molecule has 0 unspecified atom stereocenters. The van der Waals surface area contributed by atoms with Gasteiger partial charge < -0.3 is 5.11 Å². The monoisotopic (exact) mass is 345 g/mol. The molecule has 1 fully saturated rings. The van der Waals surface area contributed by atoms with Crippen LogP contribution in [0.4, 0.5) is 5.69 Å². The Hall–Kier alpha value is -3.07. The van der Waals surface area contributed by atoms with Gasteiger partial charge in [-0.2, -0.15) is 0 Å². The van der Waals surface area contributed by atoms with E-state index in [0.717, 1.165) is 9.80 Å². The van der Waals surface area contributed by atoms with Crippen molar-refractivity contribution in [3.63, 3.8) is 0 Å². The quantitative estimate of drug-likeness (QED) is 0.581. The lowest BCUT2D eigenvalue weighted by Gasteiger charge is -2.15. The Kier molecular flexibility index (Phi) is 3.64. The Morgan fingerprint density at radius 1 is 1.25 bits per heavy atom. The molecule has 1 aromatic rings. The summed E-state index contributed by atoms with van der Waals surface area (Å²) in [6, 6.07) is 6.47. The molecule has 8 nitrogen and oxygen atoms in total. The minimum Gasteiger partial charge on any atom is -0.480 e. The average molecular weight is 345 g/mol. The first-order valence-corrected chi connectivity index (χ1v) is 7.27. The van der Waals surface area contributed by atoms with E-state index in [4.69, 9.17) is 17.3 Å². The molecule has 0 bridgehead atoms. The van der Waals surface area contributed by atoms with Gasteiger partial charge in [-0.3, -0.25) is 34.3 Å². The first-order valence-electron chi connectivity index (χ1n) is 6.86. The lowest BCUT2D eigenvalue weighted by molar-refractivity contribution is -0.136. The summed E-state index contributed by atoms with van der Waals surface area (Å²) in [6.45, 7) is 0.659. The molecule has 1 aromatic carbocycles. The van der Waals surface area contributed by atoms with Gasteiger partial charge in [0.1, 0.15) is 12.2 Å². The number of benzene rings is 1. The number of hydrogen-bond donors (Lipinski definition) is 2. The fourth-order valence-electron chi connectivity index (χ4n) is 2.74. The van der Waals surface area contributed by atoms with Gasteiger partial charge in [-0.25, -0.2) is 0 Å². The molecule has 0 aliphatic carbocycles. The number of aliphatic carboxylic acids is 1. The number of amides is 3. The molecular formula is C15H11N3O5S. The minimum atomic E-state index is -1.20. The Labute approximate surface area is 141 Å². The third-order valence-electron chi connectivity index (χ3n) is 3.63. The van der Waals surface area contributed by atoms with Crippen molar-refractivity contribution >= 4 is 52.3 Å². The fourth-order valence-corrected chi connectivity index (χ4v) is 3.05. The first-order chi connectivity index (χ1) is 11.3. The van der Waals surface area contributed by atoms with Crippen LogP contribution < -0.4 is 10.2 Å². The molecule has 9 heteroatoms. The lowest BCUT2D eigenvalue weighted by Crippen LogP contribution is -2.34. The van der Waals surface area contributed by atoms with E-state index in [1.54, 1.807) is 24.3 Å². The molecule has 3 amide bonds. The van der Waals surface area contributed by atoms with Crippen molar-refractivity contribution in [1.82, 2.24) is 10.2 Å². The Morgan fingerprint density at radius 2 is 1.92 bits per heavy atom. The number of carbonyl (C=O) groups is 4. The largest absolute Gasteiger partial charge is 0.480 e. The van der Waals surface area contributed by atoms with Gasteiger partial charge in [-0.15, -0.1) is 0 Å². The molecule has 2 N–H and O–H groups in total. The summed E-state index contributed by atoms with van der Waals surface area (Å²) in [7, 11) is 0. The van der Waals surface area contributed by atoms with E-state index in [2.05, 4.69) is 5.32 Å². The maximum atomic E-state index is 12.7. The number of rotatable bonds is 2. The molecule has 122 valence electrons. The van der Waals surface area contributed by atoms with E-state index >= 15 is 0 Å². The molecule has 0 radical (unpaired) electrons. The highest BCUT2D eigenvalue weighted by Gasteiger charge is 2.43. The molecule has 0 saturated carbocycles. The summed E-state index contributed by atoms with van der Waals surface area (Å²) in [5.74, 6) is -3.06. The van der Waals surface area contributed by atoms with Gasteiger partial charge in [0, 0.05) is 12.5 Å². The molecule has 0 aromatic heterocycles. The number of thiocarbonyl (C=S) groups is 1. The SMILES string of the molecule is CC(=O)N1C(=S)NC(=O)/C1=C1/C(=O)N(CC(=O)O)c2ccccc21. The molecule has 24 heavy (non-hydrogen) atoms. The summed E-state index contributed by atoms with van der Waals surface area (Å²) in [5, 5.41) is 11.2. The Bertz CT molecular complexity index is 860. The van der Waals surface area contributed by atoms with Gasteiger partial charge >= 0.3 is 5.97 Å². The maximum Gasteiger partial charge on any atom is 0.323 e. The summed E-state index contributed by atoms with van der Waals surface area (Å²) in [4.78, 5) is 49.9. The van der Waals surface area contributed by atoms with Crippen LogP contribution >= 0.6 is 12.2 Å². The van der Waals surface area contributed by atoms with E-state index in [1.165, 1.54) is 6.92 Å². The molecule has 2 heterocycles. The normalized spacial score (nSPS) is 19.6. The van der Waals surface area contributed by atoms with E-state index < -0.39 is 30.2 Å². The van der Waals surface area contributed by atoms with Crippen molar-refractivity contribution in [2.24, 2.45) is 0 Å². The second-order valence-electron chi connectivity index (χ2n) is 5.14. The van der Waals surface area contributed by atoms with Gasteiger partial charge in [-0.1, -0.05) is 18.2 Å². The highest BCUT2D eigenvalue weighted by atomic mass is 32.1. The van der Waals surface area contributed by atoms with Crippen LogP contribution in [-0.4, -0.2) is 45.4 Å². The zero-order valence-corrected chi connectivity index (χ0v) is 13.2. The molecule has 2 aliphatic rings. The minimum absolute atomic E-state index is 0.0422. The molecule has 1 saturated heterocycles. The topological polar surface area (TPSA) is 107 Å². The van der Waals surface area contributed by atoms with Crippen molar-refractivity contribution in [3.05, 3.63) is 35.5 Å². The predicted octanol–water partition coefficient (Wildman–Crippen LogP) is 0.0921. The Morgan fingerprint density at radius 3 is 2.54 bits per heavy atom. The van der Waals surface area contributed by atoms with E-state index in [1.807, 2.05) is 0 Å². The van der Waals surface area contributed by atoms with Crippen LogP contribution in [-0.2, 0) is 19.2 Å². The van der Waals surface area contributed by atoms with Crippen LogP contribution in [0.5, 0.6) is 0 Å². The van der Waals surface area contributed by atoms with Gasteiger partial charge in [0.05, 0.1) is 11.3 Å². The zero-order chi connectivity index (χ0) is 17.6. The highest BCUT2D eigenvalue weighted by Crippen LogP contribution is 2.39. The average Bonchev–Trinajstić information content (AvgIpc) is 2.93. The van der Waals surface area contributed by atoms with Gasteiger partial charge in [0.2, 0.25) is 5.91 Å². The third kappa shape index (κ3) is 2.26. The second-order valence-corrected chi connectivity index (χ2v) is 5.53. The molecular weight excluding hydrogens is 334 g/mol. The predicted molar refractivity (Wildman–Crippen MR) is 86.6 cm³/mol. The number of para-hydroxylation sites is 1. The van der Waals surface area contributed by atoms with Crippen LogP contribution in [0.2, 0.25) is 0 Å². The Balaban J connectivity index is 2.26. The number of carboxylic acids is 1. The zero-order valence-electron chi connectivity index (χ0n) is 12.4. The summed E-state index contributed by atoms with van der Waals surface area (Å²) in [6.07, 6.45) is 0. The van der Waals surface area contributed by atoms with Crippen molar-refractivity contribution in [2.45, 2.75) is 6.92 Å². The van der Waals surface area contributed by atoms with Crippen molar-refractivity contribution in [3.8, 4) is 0 Å². The number of carbonyl (C=O) groups excluding carboxylic acids is 3. The molecule has 0 atom stereocenters. The smallest absolute Gasteiger partial charge is 0.323 e. The molecule has 2 aliphatic heterocycles. The van der Waals surface area contributed by atoms with E-state index in [9.17, 15) is 19.2 Å². The number of hydrogen-bond acceptors (Lipinski definition) is 5. The molecule has 3 rings (SSSR count). The van der Waals surface area contributed by atoms with Crippen LogP contribution in [0.15, 0.2) is 30.0 Å². The first kappa shape index (κ1) is 15.8. The number of carboxylic acid groups (broad SMARTS) is 1. The van der Waals surface area contributed by atoms with Crippen LogP contribution in [0, 0.1) is 0 Å². The summed E-state index contributed by atoms with van der Waals surface area (Å²) >= 11 is 4.96. The lowest BCUT2D eigenvalue weighted by atomic mass is 10.0. The van der Waals surface area contributed by atoms with E-state index in [0.29, 0.717) is 11.3 Å². The van der Waals surface area contributed by atoms with Gasteiger partial charge in [-0.05, 0) is 18.3 Å². The highest BCUT2D eigenvalue weighted by molar-refractivity contribution is 7.80. The van der Waals surface area contributed by atoms with Crippen molar-refractivity contribution < 1.29 is 24.3 Å². The second kappa shape index (κ2) is 5.53. The van der Waals surface area contributed by atoms with E-state index in [-0.39, 0.29) is 16.4 Å². The van der Waals surface area contributed by atoms with Crippen molar-refractivity contribution in [1.29, 1.82) is 0 Å². The third-order valence-corrected chi connectivity index (χ3v) is 3.92. The number of anilines is 1. The van der Waals surface area contributed by atoms with Crippen LogP contribution in [0.3, 0.4) is 0 Å². The van der Waals surface area contributed by atoms with Crippen molar-refractivity contribution in [2.75, 3.05) is 11.4 Å². The number of nitrogens with zero attached hydrogens (tertiary/aromatic N) is 2. The standard InChI is InChI=1S/C15H11N3O5S/c1-7(19)18-12(13(22)16-15(18)24)11-8-4-2-3-5-9(8)17(14(11)23)6-10(20)21/h2-5H,6H2,1H3,(H,20,21)(H,16,22,24)/b12-11-. The summed E-state index contributed by atoms with van der Waals surface area (Å²) < 4.78 is 0. The summed E-state index contributed by atoms with van der Waals surface area (Å²) in [5.41, 5.74) is 0.517. The molecule has 0 spiro atoms. The maximum absolute atomic E-state index is 12.7. The van der Waals surface area contributed by atoms with Gasteiger partial charge in [0.15, 0.2) is 5.11 Å².